The second-order valence-electron chi connectivity index (χ2n) is 3.84. The molecule has 0 spiro atoms. The van der Waals surface area contributed by atoms with E-state index in [0.717, 1.165) is 22.7 Å². The summed E-state index contributed by atoms with van der Waals surface area (Å²) in [6.45, 7) is 2.79. The van der Waals surface area contributed by atoms with E-state index in [-0.39, 0.29) is 5.56 Å². The standard InChI is InChI=1S/C12H14N4OS/c1-8-5-9(6-13-2)7-15-11(8)18-12-14-4-3-10(17)16-12/h3-5,7,13H,6H2,1-2H3,(H,14,16,17). The molecule has 0 amide bonds. The van der Waals surface area contributed by atoms with E-state index in [2.05, 4.69) is 26.3 Å². The van der Waals surface area contributed by atoms with E-state index < -0.39 is 0 Å². The number of aromatic amines is 1. The summed E-state index contributed by atoms with van der Waals surface area (Å²) >= 11 is 1.36. The van der Waals surface area contributed by atoms with Crippen molar-refractivity contribution in [3.05, 3.63) is 46.0 Å². The summed E-state index contributed by atoms with van der Waals surface area (Å²) in [7, 11) is 1.90. The smallest absolute Gasteiger partial charge is 0.251 e. The van der Waals surface area contributed by atoms with Gasteiger partial charge in [-0.1, -0.05) is 6.07 Å². The predicted octanol–water partition coefficient (Wildman–Crippen LogP) is 1.34. The first kappa shape index (κ1) is 12.8. The Balaban J connectivity index is 2.22. The van der Waals surface area contributed by atoms with Gasteiger partial charge in [-0.25, -0.2) is 9.97 Å². The molecule has 0 radical (unpaired) electrons. The summed E-state index contributed by atoms with van der Waals surface area (Å²) < 4.78 is 0. The lowest BCUT2D eigenvalue weighted by atomic mass is 10.2. The molecular formula is C12H14N4OS. The van der Waals surface area contributed by atoms with Gasteiger partial charge in [0.2, 0.25) is 0 Å². The molecule has 0 saturated carbocycles. The number of pyridine rings is 1. The maximum absolute atomic E-state index is 11.2. The van der Waals surface area contributed by atoms with Gasteiger partial charge in [0.15, 0.2) is 5.16 Å². The Labute approximate surface area is 109 Å². The summed E-state index contributed by atoms with van der Waals surface area (Å²) in [5.41, 5.74) is 2.05. The van der Waals surface area contributed by atoms with E-state index in [1.54, 1.807) is 0 Å². The van der Waals surface area contributed by atoms with E-state index in [0.29, 0.717) is 5.16 Å². The SMILES string of the molecule is CNCc1cnc(Sc2nccc(=O)[nH]2)c(C)c1. The monoisotopic (exact) mass is 262 g/mol. The molecule has 2 rings (SSSR count). The molecule has 0 fully saturated rings. The molecule has 0 aromatic carbocycles. The largest absolute Gasteiger partial charge is 0.316 e. The third kappa shape index (κ3) is 3.18. The molecule has 0 unspecified atom stereocenters. The fourth-order valence-corrected chi connectivity index (χ4v) is 2.30. The van der Waals surface area contributed by atoms with Crippen molar-refractivity contribution in [2.24, 2.45) is 0 Å². The van der Waals surface area contributed by atoms with Crippen LogP contribution in [0.4, 0.5) is 0 Å². The molecule has 0 atom stereocenters. The second kappa shape index (κ2) is 5.79. The van der Waals surface area contributed by atoms with Crippen molar-refractivity contribution >= 4 is 11.8 Å². The molecule has 0 aliphatic rings. The van der Waals surface area contributed by atoms with E-state index in [4.69, 9.17) is 0 Å². The van der Waals surface area contributed by atoms with Crippen molar-refractivity contribution in [2.75, 3.05) is 7.05 Å². The van der Waals surface area contributed by atoms with E-state index >= 15 is 0 Å². The first-order valence-corrected chi connectivity index (χ1v) is 6.34. The minimum absolute atomic E-state index is 0.156. The molecule has 0 aliphatic carbocycles. The molecule has 94 valence electrons. The van der Waals surface area contributed by atoms with Crippen LogP contribution in [0.3, 0.4) is 0 Å². The lowest BCUT2D eigenvalue weighted by Crippen LogP contribution is -2.07. The summed E-state index contributed by atoms with van der Waals surface area (Å²) in [4.78, 5) is 22.3. The lowest BCUT2D eigenvalue weighted by Gasteiger charge is -2.06. The summed E-state index contributed by atoms with van der Waals surface area (Å²) in [6.07, 6.45) is 3.32. The number of aromatic nitrogens is 3. The van der Waals surface area contributed by atoms with Crippen LogP contribution < -0.4 is 10.9 Å². The number of rotatable bonds is 4. The normalized spacial score (nSPS) is 10.6. The van der Waals surface area contributed by atoms with Crippen LogP contribution in [0.25, 0.3) is 0 Å². The van der Waals surface area contributed by atoms with E-state index in [1.807, 2.05) is 20.2 Å². The van der Waals surface area contributed by atoms with Crippen LogP contribution in [0.2, 0.25) is 0 Å². The maximum Gasteiger partial charge on any atom is 0.251 e. The van der Waals surface area contributed by atoms with Crippen molar-refractivity contribution in [3.63, 3.8) is 0 Å². The van der Waals surface area contributed by atoms with Crippen LogP contribution in [0.5, 0.6) is 0 Å². The minimum Gasteiger partial charge on any atom is -0.316 e. The summed E-state index contributed by atoms with van der Waals surface area (Å²) in [5, 5.41) is 4.49. The highest BCUT2D eigenvalue weighted by molar-refractivity contribution is 7.99. The Bertz CT molecular complexity index is 597. The molecule has 6 heteroatoms. The highest BCUT2D eigenvalue weighted by Gasteiger charge is 2.05. The fourth-order valence-electron chi connectivity index (χ4n) is 1.52. The minimum atomic E-state index is -0.156. The third-order valence-corrected chi connectivity index (χ3v) is 3.33. The van der Waals surface area contributed by atoms with Crippen molar-refractivity contribution in [1.29, 1.82) is 0 Å². The summed E-state index contributed by atoms with van der Waals surface area (Å²) in [6, 6.07) is 3.47. The van der Waals surface area contributed by atoms with Crippen LogP contribution in [-0.4, -0.2) is 22.0 Å². The first-order chi connectivity index (χ1) is 8.69. The molecule has 2 N–H and O–H groups in total. The Morgan fingerprint density at radius 3 is 2.94 bits per heavy atom. The van der Waals surface area contributed by atoms with Crippen LogP contribution in [0.15, 0.2) is 39.5 Å². The number of nitrogens with one attached hydrogen (secondary N) is 2. The van der Waals surface area contributed by atoms with Gasteiger partial charge in [-0.15, -0.1) is 0 Å². The van der Waals surface area contributed by atoms with Crippen molar-refractivity contribution < 1.29 is 0 Å². The first-order valence-electron chi connectivity index (χ1n) is 5.52. The molecular weight excluding hydrogens is 248 g/mol. The molecule has 0 aliphatic heterocycles. The van der Waals surface area contributed by atoms with E-state index in [9.17, 15) is 4.79 Å². The van der Waals surface area contributed by atoms with Gasteiger partial charge in [-0.3, -0.25) is 4.79 Å². The molecule has 5 nitrogen and oxygen atoms in total. The van der Waals surface area contributed by atoms with Crippen LogP contribution in [-0.2, 0) is 6.54 Å². The second-order valence-corrected chi connectivity index (χ2v) is 4.81. The lowest BCUT2D eigenvalue weighted by molar-refractivity contribution is 0.806. The van der Waals surface area contributed by atoms with E-state index in [1.165, 1.54) is 24.0 Å². The highest BCUT2D eigenvalue weighted by Crippen LogP contribution is 2.24. The average Bonchev–Trinajstić information content (AvgIpc) is 2.33. The molecule has 2 aromatic heterocycles. The van der Waals surface area contributed by atoms with Crippen LogP contribution >= 0.6 is 11.8 Å². The number of aryl methyl sites for hydroxylation is 1. The number of hydrogen-bond donors (Lipinski definition) is 2. The molecule has 0 saturated heterocycles. The zero-order valence-corrected chi connectivity index (χ0v) is 11.0. The van der Waals surface area contributed by atoms with Crippen molar-refractivity contribution in [2.45, 2.75) is 23.7 Å². The molecule has 0 bridgehead atoms. The Kier molecular flexibility index (Phi) is 4.11. The highest BCUT2D eigenvalue weighted by atomic mass is 32.2. The molecule has 2 heterocycles. The quantitative estimate of drug-likeness (QED) is 0.814. The predicted molar refractivity (Wildman–Crippen MR) is 70.7 cm³/mol. The Morgan fingerprint density at radius 2 is 2.28 bits per heavy atom. The van der Waals surface area contributed by atoms with Gasteiger partial charge in [-0.2, -0.15) is 0 Å². The van der Waals surface area contributed by atoms with Crippen molar-refractivity contribution in [1.82, 2.24) is 20.3 Å². The maximum atomic E-state index is 11.2. The van der Waals surface area contributed by atoms with Crippen molar-refractivity contribution in [3.8, 4) is 0 Å². The zero-order valence-electron chi connectivity index (χ0n) is 10.2. The van der Waals surface area contributed by atoms with Gasteiger partial charge in [0, 0.05) is 25.0 Å². The van der Waals surface area contributed by atoms with Crippen LogP contribution in [0.1, 0.15) is 11.1 Å². The van der Waals surface area contributed by atoms with Gasteiger partial charge in [0.1, 0.15) is 5.03 Å². The number of hydrogen-bond acceptors (Lipinski definition) is 5. The molecule has 18 heavy (non-hydrogen) atoms. The van der Waals surface area contributed by atoms with Gasteiger partial charge in [0.25, 0.3) is 5.56 Å². The summed E-state index contributed by atoms with van der Waals surface area (Å²) in [5.74, 6) is 0. The average molecular weight is 262 g/mol. The third-order valence-electron chi connectivity index (χ3n) is 2.31. The zero-order chi connectivity index (χ0) is 13.0. The van der Waals surface area contributed by atoms with Gasteiger partial charge in [-0.05, 0) is 36.9 Å². The van der Waals surface area contributed by atoms with Gasteiger partial charge in [0.05, 0.1) is 0 Å². The topological polar surface area (TPSA) is 70.7 Å². The van der Waals surface area contributed by atoms with Crippen LogP contribution in [0, 0.1) is 6.92 Å². The van der Waals surface area contributed by atoms with Gasteiger partial charge < -0.3 is 10.3 Å². The Hall–Kier alpha value is -1.66. The Morgan fingerprint density at radius 1 is 1.44 bits per heavy atom. The molecule has 2 aromatic rings. The fraction of sp³-hybridized carbons (Fsp3) is 0.250. The number of nitrogens with zero attached hydrogens (tertiary/aromatic N) is 2. The number of H-pyrrole nitrogens is 1. The van der Waals surface area contributed by atoms with Gasteiger partial charge >= 0.3 is 0 Å².